The number of amides is 2. The van der Waals surface area contributed by atoms with E-state index in [1.165, 1.54) is 0 Å². The van der Waals surface area contributed by atoms with Gasteiger partial charge in [-0.2, -0.15) is 22.9 Å². The smallest absolute Gasteiger partial charge is 0.327 e. The van der Waals surface area contributed by atoms with Gasteiger partial charge in [0.15, 0.2) is 12.6 Å². The Balaban J connectivity index is 2.36. The summed E-state index contributed by atoms with van der Waals surface area (Å²) in [5, 5.41) is 15.9. The molecule has 0 bridgehead atoms. The maximum Gasteiger partial charge on any atom is 0.327 e. The summed E-state index contributed by atoms with van der Waals surface area (Å²) in [4.78, 5) is 36.4. The minimum absolute atomic E-state index is 0.315. The molecule has 0 aromatic heterocycles. The second-order valence-corrected chi connectivity index (χ2v) is 5.23. The fraction of sp³-hybridized carbons (Fsp3) is 0.357. The van der Waals surface area contributed by atoms with Crippen molar-refractivity contribution in [3.8, 4) is 0 Å². The molecule has 8 heteroatoms. The number of aliphatic carboxylic acids is 1. The molecule has 116 valence electrons. The summed E-state index contributed by atoms with van der Waals surface area (Å²) in [6.07, 6.45) is 0. The molecule has 22 heavy (non-hydrogen) atoms. The molecule has 0 spiro atoms. The van der Waals surface area contributed by atoms with Crippen LogP contribution in [0.1, 0.15) is 18.5 Å². The first kappa shape index (κ1) is 16.2. The van der Waals surface area contributed by atoms with Gasteiger partial charge in [0.1, 0.15) is 0 Å². The quantitative estimate of drug-likeness (QED) is 0.637. The van der Waals surface area contributed by atoms with Crippen LogP contribution in [0.3, 0.4) is 0 Å². The number of benzene rings is 1. The SMILES string of the molecule is CC(CS)C(=O)N1C(=O)[C@@H](N=NCC(=O)O)c2ccccc21. The molecular formula is C14H15N3O4S. The second-order valence-electron chi connectivity index (χ2n) is 4.87. The molecule has 1 unspecified atom stereocenters. The van der Waals surface area contributed by atoms with Crippen molar-refractivity contribution in [3.63, 3.8) is 0 Å². The van der Waals surface area contributed by atoms with Crippen molar-refractivity contribution in [3.05, 3.63) is 29.8 Å². The van der Waals surface area contributed by atoms with E-state index in [0.717, 1.165) is 4.90 Å². The van der Waals surface area contributed by atoms with Gasteiger partial charge < -0.3 is 5.11 Å². The number of imide groups is 1. The lowest BCUT2D eigenvalue weighted by molar-refractivity contribution is -0.135. The highest BCUT2D eigenvalue weighted by atomic mass is 32.1. The van der Waals surface area contributed by atoms with Crippen molar-refractivity contribution in [1.29, 1.82) is 0 Å². The predicted molar refractivity (Wildman–Crippen MR) is 82.1 cm³/mol. The number of thiol groups is 1. The van der Waals surface area contributed by atoms with Gasteiger partial charge in [-0.15, -0.1) is 0 Å². The van der Waals surface area contributed by atoms with Crippen LogP contribution in [0.15, 0.2) is 34.5 Å². The molecule has 2 rings (SSSR count). The lowest BCUT2D eigenvalue weighted by atomic mass is 10.1. The standard InChI is InChI=1S/C14H15N3O4S/c1-8(7-22)13(20)17-10-5-3-2-4-9(10)12(14(17)21)16-15-6-11(18)19/h2-5,8,12,22H,6-7H2,1H3,(H,18,19)/t8?,12-/m0/s1. The average Bonchev–Trinajstić information content (AvgIpc) is 2.78. The minimum Gasteiger partial charge on any atom is -0.480 e. The number of hydrogen-bond acceptors (Lipinski definition) is 6. The van der Waals surface area contributed by atoms with E-state index in [1.807, 2.05) is 0 Å². The number of nitrogens with zero attached hydrogens (tertiary/aromatic N) is 3. The third kappa shape index (κ3) is 3.01. The fourth-order valence-electron chi connectivity index (χ4n) is 2.12. The normalized spacial score (nSPS) is 18.5. The van der Waals surface area contributed by atoms with E-state index in [0.29, 0.717) is 17.0 Å². The lowest BCUT2D eigenvalue weighted by Gasteiger charge is -2.18. The molecule has 0 radical (unpaired) electrons. The van der Waals surface area contributed by atoms with Gasteiger partial charge >= 0.3 is 5.97 Å². The van der Waals surface area contributed by atoms with E-state index < -0.39 is 30.4 Å². The highest BCUT2D eigenvalue weighted by molar-refractivity contribution is 7.80. The fourth-order valence-corrected chi connectivity index (χ4v) is 2.27. The van der Waals surface area contributed by atoms with Crippen LogP contribution in [0.4, 0.5) is 5.69 Å². The molecule has 0 aliphatic carbocycles. The van der Waals surface area contributed by atoms with Gasteiger partial charge in [-0.25, -0.2) is 4.90 Å². The van der Waals surface area contributed by atoms with Crippen LogP contribution in [0, 0.1) is 5.92 Å². The first-order chi connectivity index (χ1) is 10.5. The number of rotatable bonds is 5. The van der Waals surface area contributed by atoms with E-state index in [-0.39, 0.29) is 5.91 Å². The number of hydrogen-bond donors (Lipinski definition) is 2. The third-order valence-corrected chi connectivity index (χ3v) is 3.79. The average molecular weight is 321 g/mol. The monoisotopic (exact) mass is 321 g/mol. The molecule has 1 heterocycles. The largest absolute Gasteiger partial charge is 0.480 e. The lowest BCUT2D eigenvalue weighted by Crippen LogP contribution is -2.39. The number of carboxylic acid groups (broad SMARTS) is 1. The number of carbonyl (C=O) groups is 3. The van der Waals surface area contributed by atoms with Gasteiger partial charge in [0.05, 0.1) is 5.69 Å². The predicted octanol–water partition coefficient (Wildman–Crippen LogP) is 1.70. The summed E-state index contributed by atoms with van der Waals surface area (Å²) in [6, 6.07) is 5.79. The zero-order chi connectivity index (χ0) is 16.3. The molecule has 1 aromatic carbocycles. The summed E-state index contributed by atoms with van der Waals surface area (Å²) >= 11 is 4.08. The second kappa shape index (κ2) is 6.69. The minimum atomic E-state index is -1.14. The molecule has 1 aliphatic rings. The van der Waals surface area contributed by atoms with Crippen LogP contribution in [-0.2, 0) is 14.4 Å². The molecule has 1 aliphatic heterocycles. The van der Waals surface area contributed by atoms with Gasteiger partial charge in [0.25, 0.3) is 5.91 Å². The molecule has 1 aromatic rings. The van der Waals surface area contributed by atoms with Gasteiger partial charge in [-0.1, -0.05) is 25.1 Å². The highest BCUT2D eigenvalue weighted by Crippen LogP contribution is 2.38. The van der Waals surface area contributed by atoms with Gasteiger partial charge in [0, 0.05) is 17.2 Å². The van der Waals surface area contributed by atoms with Crippen molar-refractivity contribution in [2.75, 3.05) is 17.2 Å². The topological polar surface area (TPSA) is 99.4 Å². The molecule has 0 fully saturated rings. The van der Waals surface area contributed by atoms with Crippen LogP contribution in [0.2, 0.25) is 0 Å². The molecule has 2 atom stereocenters. The van der Waals surface area contributed by atoms with Crippen molar-refractivity contribution in [2.24, 2.45) is 16.1 Å². The maximum absolute atomic E-state index is 12.5. The van der Waals surface area contributed by atoms with Crippen molar-refractivity contribution < 1.29 is 19.5 Å². The molecule has 1 N–H and O–H groups in total. The van der Waals surface area contributed by atoms with Crippen LogP contribution in [0.5, 0.6) is 0 Å². The van der Waals surface area contributed by atoms with Crippen molar-refractivity contribution >= 4 is 36.1 Å². The summed E-state index contributed by atoms with van der Waals surface area (Å²) in [6.45, 7) is 1.16. The van der Waals surface area contributed by atoms with Gasteiger partial charge in [-0.3, -0.25) is 14.4 Å². The van der Waals surface area contributed by atoms with E-state index in [9.17, 15) is 14.4 Å². The molecule has 0 saturated carbocycles. The van der Waals surface area contributed by atoms with E-state index in [4.69, 9.17) is 5.11 Å². The number of carbonyl (C=O) groups excluding carboxylic acids is 2. The number of anilines is 1. The maximum atomic E-state index is 12.5. The number of fused-ring (bicyclic) bond motifs is 1. The molecule has 7 nitrogen and oxygen atoms in total. The summed E-state index contributed by atoms with van der Waals surface area (Å²) in [5.41, 5.74) is 1.01. The van der Waals surface area contributed by atoms with Crippen LogP contribution in [0.25, 0.3) is 0 Å². The summed E-state index contributed by atoms with van der Waals surface area (Å²) in [5.74, 6) is -2.12. The molecule has 2 amide bonds. The third-order valence-electron chi connectivity index (χ3n) is 3.25. The Labute approximate surface area is 132 Å². The van der Waals surface area contributed by atoms with E-state index in [2.05, 4.69) is 22.9 Å². The first-order valence-corrected chi connectivity index (χ1v) is 7.26. The van der Waals surface area contributed by atoms with Crippen molar-refractivity contribution in [2.45, 2.75) is 13.0 Å². The Bertz CT molecular complexity index is 647. The first-order valence-electron chi connectivity index (χ1n) is 6.63. The Hall–Kier alpha value is -2.22. The van der Waals surface area contributed by atoms with Crippen molar-refractivity contribution in [1.82, 2.24) is 0 Å². The van der Waals surface area contributed by atoms with Crippen LogP contribution in [-0.4, -0.2) is 35.2 Å². The van der Waals surface area contributed by atoms with Gasteiger partial charge in [-0.05, 0) is 6.07 Å². The highest BCUT2D eigenvalue weighted by Gasteiger charge is 2.41. The zero-order valence-corrected chi connectivity index (χ0v) is 12.7. The van der Waals surface area contributed by atoms with Gasteiger partial charge in [0.2, 0.25) is 5.91 Å². The number of para-hydroxylation sites is 1. The zero-order valence-electron chi connectivity index (χ0n) is 11.8. The Morgan fingerprint density at radius 2 is 2.09 bits per heavy atom. The van der Waals surface area contributed by atoms with Crippen LogP contribution < -0.4 is 4.90 Å². The molecular weight excluding hydrogens is 306 g/mol. The Morgan fingerprint density at radius 3 is 2.73 bits per heavy atom. The Kier molecular flexibility index (Phi) is 4.92. The van der Waals surface area contributed by atoms with E-state index in [1.54, 1.807) is 31.2 Å². The Morgan fingerprint density at radius 1 is 1.41 bits per heavy atom. The number of carboxylic acids is 1. The van der Waals surface area contributed by atoms with Crippen LogP contribution >= 0.6 is 12.6 Å². The van der Waals surface area contributed by atoms with E-state index >= 15 is 0 Å². The number of azo groups is 1. The summed E-state index contributed by atoms with van der Waals surface area (Å²) < 4.78 is 0. The summed E-state index contributed by atoms with van der Waals surface area (Å²) in [7, 11) is 0. The molecule has 0 saturated heterocycles.